The third-order valence-corrected chi connectivity index (χ3v) is 4.44. The van der Waals surface area contributed by atoms with Crippen LogP contribution in [0.25, 0.3) is 27.1 Å². The van der Waals surface area contributed by atoms with Crippen LogP contribution in [0.3, 0.4) is 0 Å². The van der Waals surface area contributed by atoms with Gasteiger partial charge in [0.2, 0.25) is 0 Å². The molecule has 0 radical (unpaired) electrons. The molecule has 0 aliphatic rings. The third kappa shape index (κ3) is 3.08. The lowest BCUT2D eigenvalue weighted by atomic mass is 9.97. The highest BCUT2D eigenvalue weighted by Gasteiger charge is 2.27. The van der Waals surface area contributed by atoms with Gasteiger partial charge in [-0.15, -0.1) is 0 Å². The third-order valence-electron chi connectivity index (χ3n) is 4.44. The second kappa shape index (κ2) is 7.69. The van der Waals surface area contributed by atoms with Gasteiger partial charge in [-0.1, -0.05) is 42.5 Å². The van der Waals surface area contributed by atoms with Crippen LogP contribution in [0.2, 0.25) is 0 Å². The number of nitriles is 1. The Hall–Kier alpha value is -4.03. The number of aromatic carboxylic acids is 1. The molecule has 0 spiro atoms. The second-order valence-electron chi connectivity index (χ2n) is 6.02. The van der Waals surface area contributed by atoms with Crippen molar-refractivity contribution in [2.24, 2.45) is 7.05 Å². The predicted molar refractivity (Wildman–Crippen MR) is 105 cm³/mol. The summed E-state index contributed by atoms with van der Waals surface area (Å²) in [4.78, 5) is 15.4. The molecule has 6 nitrogen and oxygen atoms in total. The zero-order valence-electron chi connectivity index (χ0n) is 15.4. The van der Waals surface area contributed by atoms with Crippen LogP contribution >= 0.6 is 0 Å². The van der Waals surface area contributed by atoms with Crippen LogP contribution in [0.4, 0.5) is 5.69 Å². The van der Waals surface area contributed by atoms with Crippen molar-refractivity contribution in [3.8, 4) is 34.2 Å². The van der Waals surface area contributed by atoms with E-state index in [4.69, 9.17) is 11.3 Å². The highest BCUT2D eigenvalue weighted by Crippen LogP contribution is 2.44. The fourth-order valence-electron chi connectivity index (χ4n) is 3.23. The van der Waals surface area contributed by atoms with E-state index in [0.717, 1.165) is 11.1 Å². The van der Waals surface area contributed by atoms with Gasteiger partial charge in [0.25, 0.3) is 5.69 Å². The molecule has 6 heteroatoms. The van der Waals surface area contributed by atoms with Gasteiger partial charge < -0.3 is 14.4 Å². The smallest absolute Gasteiger partial charge is 0.351 e. The summed E-state index contributed by atoms with van der Waals surface area (Å²) in [5.41, 5.74) is 3.29. The lowest BCUT2D eigenvalue weighted by molar-refractivity contribution is 0.0686. The summed E-state index contributed by atoms with van der Waals surface area (Å²) in [6, 6.07) is 16.6. The molecule has 138 valence electrons. The zero-order valence-corrected chi connectivity index (χ0v) is 15.4. The number of aromatic nitrogens is 1. The van der Waals surface area contributed by atoms with E-state index in [1.54, 1.807) is 38.2 Å². The molecule has 0 saturated heterocycles. The van der Waals surface area contributed by atoms with Crippen LogP contribution in [0.15, 0.2) is 48.5 Å². The van der Waals surface area contributed by atoms with Crippen LogP contribution < -0.4 is 4.74 Å². The molecule has 3 rings (SSSR count). The van der Waals surface area contributed by atoms with Gasteiger partial charge in [-0.3, -0.25) is 0 Å². The average molecular weight is 371 g/mol. The SMILES string of the molecule is [C-]#[N+]c1c(-c2ccc(-c3ccccc3C#N)cc2)c(C(=O)O)n(C)c1OCC. The van der Waals surface area contributed by atoms with E-state index in [0.29, 0.717) is 23.3 Å². The summed E-state index contributed by atoms with van der Waals surface area (Å²) in [7, 11) is 1.57. The minimum Gasteiger partial charge on any atom is -0.488 e. The first-order chi connectivity index (χ1) is 13.5. The molecule has 0 unspecified atom stereocenters. The predicted octanol–water partition coefficient (Wildman–Crippen LogP) is 4.88. The Morgan fingerprint density at radius 3 is 2.43 bits per heavy atom. The van der Waals surface area contributed by atoms with Gasteiger partial charge in [-0.25, -0.2) is 9.64 Å². The number of carboxylic acids is 1. The van der Waals surface area contributed by atoms with Crippen LogP contribution in [-0.4, -0.2) is 22.2 Å². The largest absolute Gasteiger partial charge is 0.488 e. The quantitative estimate of drug-likeness (QED) is 0.648. The van der Waals surface area contributed by atoms with Gasteiger partial charge in [0.1, 0.15) is 5.69 Å². The Balaban J connectivity index is 2.17. The molecule has 1 N–H and O–H groups in total. The van der Waals surface area contributed by atoms with Crippen molar-refractivity contribution in [2.75, 3.05) is 6.61 Å². The van der Waals surface area contributed by atoms with Crippen LogP contribution in [-0.2, 0) is 7.05 Å². The number of benzene rings is 2. The fourth-order valence-corrected chi connectivity index (χ4v) is 3.23. The maximum absolute atomic E-state index is 11.9. The van der Waals surface area contributed by atoms with Crippen molar-refractivity contribution in [1.82, 2.24) is 4.57 Å². The maximum Gasteiger partial charge on any atom is 0.351 e. The fraction of sp³-hybridized carbons (Fsp3) is 0.136. The first kappa shape index (κ1) is 18.8. The zero-order chi connectivity index (χ0) is 20.3. The number of rotatable bonds is 5. The molecule has 3 aromatic rings. The Bertz CT molecular complexity index is 1130. The number of nitrogens with zero attached hydrogens (tertiary/aromatic N) is 3. The minimum atomic E-state index is -1.13. The van der Waals surface area contributed by atoms with E-state index in [2.05, 4.69) is 10.9 Å². The number of carboxylic acid groups (broad SMARTS) is 1. The summed E-state index contributed by atoms with van der Waals surface area (Å²) in [6.45, 7) is 9.64. The van der Waals surface area contributed by atoms with Crippen LogP contribution in [0, 0.1) is 17.9 Å². The monoisotopic (exact) mass is 371 g/mol. The lowest BCUT2D eigenvalue weighted by Gasteiger charge is -2.07. The highest BCUT2D eigenvalue weighted by molar-refractivity contribution is 6.01. The number of carbonyl (C=O) groups is 1. The lowest BCUT2D eigenvalue weighted by Crippen LogP contribution is -2.07. The Kier molecular flexibility index (Phi) is 5.15. The molecule has 1 aromatic heterocycles. The molecule has 0 aliphatic carbocycles. The van der Waals surface area contributed by atoms with E-state index >= 15 is 0 Å². The van der Waals surface area contributed by atoms with Crippen molar-refractivity contribution >= 4 is 11.7 Å². The standard InChI is InChI=1S/C22H17N3O3/c1-4-28-21-19(24-2)18(20(22(26)27)25(21)3)15-11-9-14(10-12-15)17-8-6-5-7-16(17)13-23/h5-12H,4H2,1,3H3,(H,26,27). The second-order valence-corrected chi connectivity index (χ2v) is 6.02. The molecule has 1 heterocycles. The molecule has 0 atom stereocenters. The summed E-state index contributed by atoms with van der Waals surface area (Å²) in [5, 5.41) is 19.0. The normalized spacial score (nSPS) is 10.1. The number of ether oxygens (including phenoxy) is 1. The van der Waals surface area contributed by atoms with Crippen LogP contribution in [0.5, 0.6) is 5.88 Å². The summed E-state index contributed by atoms with van der Waals surface area (Å²) in [6.07, 6.45) is 0. The van der Waals surface area contributed by atoms with Gasteiger partial charge in [0.15, 0.2) is 5.88 Å². The molecular formula is C22H17N3O3. The van der Waals surface area contributed by atoms with Gasteiger partial charge in [0, 0.05) is 12.6 Å². The van der Waals surface area contributed by atoms with Crippen molar-refractivity contribution in [2.45, 2.75) is 6.92 Å². The van der Waals surface area contributed by atoms with Crippen LogP contribution in [0.1, 0.15) is 23.0 Å². The van der Waals surface area contributed by atoms with Crippen molar-refractivity contribution in [3.05, 3.63) is 71.2 Å². The molecule has 0 saturated carbocycles. The molecule has 0 bridgehead atoms. The molecule has 2 aromatic carbocycles. The van der Waals surface area contributed by atoms with Gasteiger partial charge in [-0.2, -0.15) is 5.26 Å². The minimum absolute atomic E-state index is 0.000347. The van der Waals surface area contributed by atoms with Crippen molar-refractivity contribution in [1.29, 1.82) is 5.26 Å². The number of hydrogen-bond acceptors (Lipinski definition) is 3. The Morgan fingerprint density at radius 1 is 1.21 bits per heavy atom. The summed E-state index contributed by atoms with van der Waals surface area (Å²) < 4.78 is 6.92. The highest BCUT2D eigenvalue weighted by atomic mass is 16.5. The van der Waals surface area contributed by atoms with E-state index < -0.39 is 5.97 Å². The molecule has 0 amide bonds. The molecule has 0 aliphatic heterocycles. The number of hydrogen-bond donors (Lipinski definition) is 1. The maximum atomic E-state index is 11.9. The topological polar surface area (TPSA) is 79.6 Å². The summed E-state index contributed by atoms with van der Waals surface area (Å²) in [5.74, 6) is -0.893. The molecule has 0 fully saturated rings. The molecule has 28 heavy (non-hydrogen) atoms. The Labute approximate surface area is 162 Å². The average Bonchev–Trinajstić information content (AvgIpc) is 3.00. The van der Waals surface area contributed by atoms with E-state index in [1.807, 2.05) is 24.3 Å². The Morgan fingerprint density at radius 2 is 1.86 bits per heavy atom. The van der Waals surface area contributed by atoms with Crippen molar-refractivity contribution < 1.29 is 14.6 Å². The first-order valence-corrected chi connectivity index (χ1v) is 8.59. The van der Waals surface area contributed by atoms with Crippen molar-refractivity contribution in [3.63, 3.8) is 0 Å². The first-order valence-electron chi connectivity index (χ1n) is 8.59. The van der Waals surface area contributed by atoms with Gasteiger partial charge in [-0.05, 0) is 29.7 Å². The van der Waals surface area contributed by atoms with E-state index in [-0.39, 0.29) is 17.3 Å². The van der Waals surface area contributed by atoms with E-state index in [1.165, 1.54) is 4.57 Å². The van der Waals surface area contributed by atoms with Gasteiger partial charge in [0.05, 0.1) is 24.8 Å². The van der Waals surface area contributed by atoms with Gasteiger partial charge >= 0.3 is 5.97 Å². The molecular weight excluding hydrogens is 354 g/mol. The summed E-state index contributed by atoms with van der Waals surface area (Å²) >= 11 is 0. The van der Waals surface area contributed by atoms with E-state index in [9.17, 15) is 15.2 Å².